The van der Waals surface area contributed by atoms with Crippen LogP contribution in [0.5, 0.6) is 5.75 Å². The highest BCUT2D eigenvalue weighted by Gasteiger charge is 2.32. The smallest absolute Gasteiger partial charge is 0.405 e. The van der Waals surface area contributed by atoms with Gasteiger partial charge in [0.2, 0.25) is 0 Å². The number of benzene rings is 2. The van der Waals surface area contributed by atoms with Crippen LogP contribution in [-0.2, 0) is 0 Å². The molecule has 2 aromatic carbocycles. The number of hydrogen-bond acceptors (Lipinski definition) is 2. The molecule has 0 aliphatic rings. The van der Waals surface area contributed by atoms with E-state index in [1.54, 1.807) is 0 Å². The van der Waals surface area contributed by atoms with Gasteiger partial charge in [0.25, 0.3) is 0 Å². The second-order valence-corrected chi connectivity index (χ2v) is 3.93. The van der Waals surface area contributed by atoms with E-state index in [9.17, 15) is 22.4 Å². The number of hydrogen-bond donors (Lipinski definition) is 0. The maximum absolute atomic E-state index is 13.2. The lowest BCUT2D eigenvalue weighted by atomic mass is 10.0. The molecule has 0 saturated carbocycles. The molecule has 0 amide bonds. The Labute approximate surface area is 111 Å². The SMILES string of the molecule is O=Cc1ccc(OC(F)(F)F)c(-c2cccc(F)c2)c1. The van der Waals surface area contributed by atoms with Crippen molar-refractivity contribution in [3.8, 4) is 16.9 Å². The number of carbonyl (C=O) groups is 1. The van der Waals surface area contributed by atoms with E-state index in [1.165, 1.54) is 24.3 Å². The van der Waals surface area contributed by atoms with E-state index in [-0.39, 0.29) is 16.7 Å². The van der Waals surface area contributed by atoms with Crippen LogP contribution < -0.4 is 4.74 Å². The lowest BCUT2D eigenvalue weighted by Gasteiger charge is -2.14. The van der Waals surface area contributed by atoms with E-state index in [0.29, 0.717) is 6.29 Å². The lowest BCUT2D eigenvalue weighted by molar-refractivity contribution is -0.274. The van der Waals surface area contributed by atoms with Crippen LogP contribution in [0.2, 0.25) is 0 Å². The van der Waals surface area contributed by atoms with E-state index < -0.39 is 17.9 Å². The van der Waals surface area contributed by atoms with Crippen LogP contribution in [0.4, 0.5) is 17.6 Å². The van der Waals surface area contributed by atoms with Gasteiger partial charge in [-0.3, -0.25) is 4.79 Å². The molecule has 0 heterocycles. The Bertz CT molecular complexity index is 635. The van der Waals surface area contributed by atoms with Crippen molar-refractivity contribution >= 4 is 6.29 Å². The van der Waals surface area contributed by atoms with E-state index in [0.717, 1.165) is 18.2 Å². The summed E-state index contributed by atoms with van der Waals surface area (Å²) in [4.78, 5) is 10.7. The van der Waals surface area contributed by atoms with Crippen molar-refractivity contribution in [3.63, 3.8) is 0 Å². The number of aldehydes is 1. The van der Waals surface area contributed by atoms with Gasteiger partial charge in [0.05, 0.1) is 0 Å². The first-order chi connectivity index (χ1) is 9.39. The van der Waals surface area contributed by atoms with Gasteiger partial charge in [-0.15, -0.1) is 13.2 Å². The van der Waals surface area contributed by atoms with Crippen molar-refractivity contribution in [1.29, 1.82) is 0 Å². The van der Waals surface area contributed by atoms with Crippen LogP contribution >= 0.6 is 0 Å². The van der Waals surface area contributed by atoms with Crippen molar-refractivity contribution in [3.05, 3.63) is 53.8 Å². The maximum Gasteiger partial charge on any atom is 0.573 e. The van der Waals surface area contributed by atoms with Gasteiger partial charge in [0, 0.05) is 11.1 Å². The number of halogens is 4. The summed E-state index contributed by atoms with van der Waals surface area (Å²) in [5.74, 6) is -1.09. The van der Waals surface area contributed by atoms with Crippen molar-refractivity contribution in [1.82, 2.24) is 0 Å². The zero-order valence-corrected chi connectivity index (χ0v) is 9.95. The summed E-state index contributed by atoms with van der Waals surface area (Å²) in [6.45, 7) is 0. The van der Waals surface area contributed by atoms with Gasteiger partial charge in [-0.2, -0.15) is 0 Å². The second kappa shape index (κ2) is 5.32. The number of alkyl halides is 3. The minimum absolute atomic E-state index is 0.00794. The van der Waals surface area contributed by atoms with Gasteiger partial charge in [-0.1, -0.05) is 12.1 Å². The quantitative estimate of drug-likeness (QED) is 0.623. The van der Waals surface area contributed by atoms with Crippen LogP contribution in [0.15, 0.2) is 42.5 Å². The summed E-state index contributed by atoms with van der Waals surface area (Å²) >= 11 is 0. The van der Waals surface area contributed by atoms with Gasteiger partial charge in [-0.05, 0) is 35.9 Å². The third-order valence-corrected chi connectivity index (χ3v) is 2.50. The number of rotatable bonds is 3. The van der Waals surface area contributed by atoms with Gasteiger partial charge in [0.15, 0.2) is 0 Å². The molecular weight excluding hydrogens is 276 g/mol. The summed E-state index contributed by atoms with van der Waals surface area (Å²) in [6, 6.07) is 8.44. The van der Waals surface area contributed by atoms with Crippen LogP contribution in [-0.4, -0.2) is 12.6 Å². The fraction of sp³-hybridized carbons (Fsp3) is 0.0714. The summed E-state index contributed by atoms with van der Waals surface area (Å²) in [5, 5.41) is 0. The molecule has 0 spiro atoms. The molecule has 104 valence electrons. The van der Waals surface area contributed by atoms with Crippen molar-refractivity contribution in [2.75, 3.05) is 0 Å². The van der Waals surface area contributed by atoms with E-state index in [4.69, 9.17) is 0 Å². The molecular formula is C14H8F4O2. The lowest BCUT2D eigenvalue weighted by Crippen LogP contribution is -2.17. The average molecular weight is 284 g/mol. The third-order valence-electron chi connectivity index (χ3n) is 2.50. The highest BCUT2D eigenvalue weighted by molar-refractivity contribution is 5.81. The number of ether oxygens (including phenoxy) is 1. The van der Waals surface area contributed by atoms with Gasteiger partial charge in [0.1, 0.15) is 17.9 Å². The average Bonchev–Trinajstić information content (AvgIpc) is 2.37. The fourth-order valence-corrected chi connectivity index (χ4v) is 1.72. The predicted molar refractivity (Wildman–Crippen MR) is 63.9 cm³/mol. The summed E-state index contributed by atoms with van der Waals surface area (Å²) in [6.07, 6.45) is -4.38. The van der Waals surface area contributed by atoms with Crippen molar-refractivity contribution in [2.45, 2.75) is 6.36 Å². The minimum Gasteiger partial charge on any atom is -0.405 e. The Hall–Kier alpha value is -2.37. The van der Waals surface area contributed by atoms with Gasteiger partial charge in [-0.25, -0.2) is 4.39 Å². The fourth-order valence-electron chi connectivity index (χ4n) is 1.72. The Balaban J connectivity index is 2.55. The second-order valence-electron chi connectivity index (χ2n) is 3.93. The summed E-state index contributed by atoms with van der Waals surface area (Å²) in [7, 11) is 0. The summed E-state index contributed by atoms with van der Waals surface area (Å²) < 4.78 is 54.1. The normalized spacial score (nSPS) is 11.2. The topological polar surface area (TPSA) is 26.3 Å². The van der Waals surface area contributed by atoms with E-state index >= 15 is 0 Å². The first-order valence-corrected chi connectivity index (χ1v) is 5.50. The molecule has 6 heteroatoms. The third kappa shape index (κ3) is 3.34. The Kier molecular flexibility index (Phi) is 3.74. The van der Waals surface area contributed by atoms with Crippen LogP contribution in [0, 0.1) is 5.82 Å². The minimum atomic E-state index is -4.87. The molecule has 20 heavy (non-hydrogen) atoms. The van der Waals surface area contributed by atoms with Gasteiger partial charge >= 0.3 is 6.36 Å². The predicted octanol–water partition coefficient (Wildman–Crippen LogP) is 4.20. The molecule has 0 saturated heterocycles. The zero-order valence-electron chi connectivity index (χ0n) is 9.95. The Morgan fingerprint density at radius 2 is 1.80 bits per heavy atom. The molecule has 0 unspecified atom stereocenters. The molecule has 0 radical (unpaired) electrons. The maximum atomic E-state index is 13.2. The molecule has 0 aromatic heterocycles. The molecule has 0 atom stereocenters. The molecule has 0 aliphatic carbocycles. The van der Waals surface area contributed by atoms with E-state index in [1.807, 2.05) is 0 Å². The zero-order chi connectivity index (χ0) is 14.8. The first-order valence-electron chi connectivity index (χ1n) is 5.50. The largest absolute Gasteiger partial charge is 0.573 e. The van der Waals surface area contributed by atoms with Crippen molar-refractivity contribution in [2.24, 2.45) is 0 Å². The molecule has 2 nitrogen and oxygen atoms in total. The first kappa shape index (κ1) is 14.0. The highest BCUT2D eigenvalue weighted by atomic mass is 19.4. The van der Waals surface area contributed by atoms with Gasteiger partial charge < -0.3 is 4.74 Å². The molecule has 2 rings (SSSR count). The number of carbonyl (C=O) groups excluding carboxylic acids is 1. The van der Waals surface area contributed by atoms with Crippen LogP contribution in [0.1, 0.15) is 10.4 Å². The van der Waals surface area contributed by atoms with Crippen molar-refractivity contribution < 1.29 is 27.1 Å². The Morgan fingerprint density at radius 1 is 1.05 bits per heavy atom. The monoisotopic (exact) mass is 284 g/mol. The highest BCUT2D eigenvalue weighted by Crippen LogP contribution is 2.34. The molecule has 0 fully saturated rings. The van der Waals surface area contributed by atoms with E-state index in [2.05, 4.69) is 4.74 Å². The molecule has 0 aliphatic heterocycles. The molecule has 0 N–H and O–H groups in total. The Morgan fingerprint density at radius 3 is 2.40 bits per heavy atom. The van der Waals surface area contributed by atoms with Crippen LogP contribution in [0.3, 0.4) is 0 Å². The molecule has 0 bridgehead atoms. The summed E-state index contributed by atoms with van der Waals surface area (Å²) in [5.41, 5.74) is 0.346. The van der Waals surface area contributed by atoms with Crippen LogP contribution in [0.25, 0.3) is 11.1 Å². The standard InChI is InChI=1S/C14H8F4O2/c15-11-3-1-2-10(7-11)12-6-9(8-19)4-5-13(12)20-14(16,17)18/h1-8H. The molecule has 2 aromatic rings.